The SMILES string of the molecule is CCC(C)(CO)Nc1nc2ccccc2cc1C. The minimum atomic E-state index is -0.319. The first-order chi connectivity index (χ1) is 8.58. The first-order valence-electron chi connectivity index (χ1n) is 6.33. The molecule has 0 fully saturated rings. The molecule has 0 spiro atoms. The quantitative estimate of drug-likeness (QED) is 0.868. The van der Waals surface area contributed by atoms with Crippen LogP contribution in [0.3, 0.4) is 0 Å². The molecule has 2 rings (SSSR count). The first-order valence-corrected chi connectivity index (χ1v) is 6.33. The van der Waals surface area contributed by atoms with Crippen molar-refractivity contribution in [3.8, 4) is 0 Å². The van der Waals surface area contributed by atoms with Crippen molar-refractivity contribution in [2.24, 2.45) is 0 Å². The number of aryl methyl sites for hydroxylation is 1. The zero-order chi connectivity index (χ0) is 13.2. The monoisotopic (exact) mass is 244 g/mol. The predicted molar refractivity (Wildman–Crippen MR) is 75.9 cm³/mol. The fourth-order valence-corrected chi connectivity index (χ4v) is 1.87. The number of anilines is 1. The molecule has 2 N–H and O–H groups in total. The first kappa shape index (κ1) is 12.8. The molecule has 0 aliphatic rings. The number of nitrogens with one attached hydrogen (secondary N) is 1. The van der Waals surface area contributed by atoms with Gasteiger partial charge in [0.15, 0.2) is 0 Å². The molecule has 1 heterocycles. The molecular formula is C15H20N2O. The topological polar surface area (TPSA) is 45.1 Å². The van der Waals surface area contributed by atoms with E-state index in [0.29, 0.717) is 0 Å². The Morgan fingerprint density at radius 2 is 2.06 bits per heavy atom. The zero-order valence-corrected chi connectivity index (χ0v) is 11.2. The Balaban J connectivity index is 2.42. The van der Waals surface area contributed by atoms with Gasteiger partial charge in [-0.1, -0.05) is 25.1 Å². The van der Waals surface area contributed by atoms with E-state index in [2.05, 4.69) is 29.4 Å². The van der Waals surface area contributed by atoms with Crippen LogP contribution in [0.5, 0.6) is 0 Å². The Morgan fingerprint density at radius 1 is 1.33 bits per heavy atom. The third kappa shape index (κ3) is 2.46. The van der Waals surface area contributed by atoms with Crippen molar-refractivity contribution in [2.75, 3.05) is 11.9 Å². The van der Waals surface area contributed by atoms with Crippen LogP contribution < -0.4 is 5.32 Å². The Bertz CT molecular complexity index is 547. The molecule has 1 unspecified atom stereocenters. The molecule has 3 heteroatoms. The lowest BCUT2D eigenvalue weighted by Crippen LogP contribution is -2.38. The molecule has 18 heavy (non-hydrogen) atoms. The maximum atomic E-state index is 9.46. The molecule has 0 aliphatic heterocycles. The van der Waals surface area contributed by atoms with Crippen LogP contribution >= 0.6 is 0 Å². The second-order valence-electron chi connectivity index (χ2n) is 5.04. The fourth-order valence-electron chi connectivity index (χ4n) is 1.87. The summed E-state index contributed by atoms with van der Waals surface area (Å²) in [7, 11) is 0. The summed E-state index contributed by atoms with van der Waals surface area (Å²) in [6.07, 6.45) is 0.845. The van der Waals surface area contributed by atoms with Crippen LogP contribution in [0.4, 0.5) is 5.82 Å². The van der Waals surface area contributed by atoms with E-state index in [9.17, 15) is 5.11 Å². The Kier molecular flexibility index (Phi) is 3.53. The van der Waals surface area contributed by atoms with Crippen LogP contribution in [-0.4, -0.2) is 22.2 Å². The smallest absolute Gasteiger partial charge is 0.130 e. The van der Waals surface area contributed by atoms with Gasteiger partial charge in [0.2, 0.25) is 0 Å². The summed E-state index contributed by atoms with van der Waals surface area (Å²) in [6, 6.07) is 10.2. The van der Waals surface area contributed by atoms with Crippen LogP contribution in [0.25, 0.3) is 10.9 Å². The van der Waals surface area contributed by atoms with E-state index in [1.165, 1.54) is 0 Å². The molecule has 0 saturated heterocycles. The van der Waals surface area contributed by atoms with Gasteiger partial charge in [-0.25, -0.2) is 4.98 Å². The molecule has 0 bridgehead atoms. The molecule has 0 amide bonds. The minimum Gasteiger partial charge on any atom is -0.394 e. The molecule has 0 radical (unpaired) electrons. The summed E-state index contributed by atoms with van der Waals surface area (Å²) in [5.41, 5.74) is 1.75. The number of benzene rings is 1. The zero-order valence-electron chi connectivity index (χ0n) is 11.2. The molecular weight excluding hydrogens is 224 g/mol. The Morgan fingerprint density at radius 3 is 2.72 bits per heavy atom. The Labute approximate surface area is 108 Å². The van der Waals surface area contributed by atoms with Crippen molar-refractivity contribution < 1.29 is 5.11 Å². The largest absolute Gasteiger partial charge is 0.394 e. The van der Waals surface area contributed by atoms with E-state index < -0.39 is 0 Å². The van der Waals surface area contributed by atoms with Gasteiger partial charge in [-0.2, -0.15) is 0 Å². The van der Waals surface area contributed by atoms with E-state index >= 15 is 0 Å². The van der Waals surface area contributed by atoms with E-state index in [-0.39, 0.29) is 12.1 Å². The summed E-state index contributed by atoms with van der Waals surface area (Å²) in [5, 5.41) is 14.0. The molecule has 3 nitrogen and oxygen atoms in total. The van der Waals surface area contributed by atoms with E-state index in [1.807, 2.05) is 32.0 Å². The number of para-hydroxylation sites is 1. The summed E-state index contributed by atoms with van der Waals surface area (Å²) in [6.45, 7) is 6.19. The summed E-state index contributed by atoms with van der Waals surface area (Å²) >= 11 is 0. The lowest BCUT2D eigenvalue weighted by atomic mass is 10.00. The number of hydrogen-bond acceptors (Lipinski definition) is 3. The van der Waals surface area contributed by atoms with Gasteiger partial charge in [-0.3, -0.25) is 0 Å². The molecule has 0 saturated carbocycles. The van der Waals surface area contributed by atoms with Gasteiger partial charge in [0, 0.05) is 5.39 Å². The standard InChI is InChI=1S/C15H20N2O/c1-4-15(3,10-18)17-14-11(2)9-12-7-5-6-8-13(12)16-14/h5-9,18H,4,10H2,1-3H3,(H,16,17). The van der Waals surface area contributed by atoms with Crippen LogP contribution in [-0.2, 0) is 0 Å². The highest BCUT2D eigenvalue weighted by atomic mass is 16.3. The van der Waals surface area contributed by atoms with Crippen LogP contribution in [0.2, 0.25) is 0 Å². The molecule has 0 aliphatic carbocycles. The number of fused-ring (bicyclic) bond motifs is 1. The molecule has 1 aromatic heterocycles. The average molecular weight is 244 g/mol. The third-order valence-electron chi connectivity index (χ3n) is 3.46. The second kappa shape index (κ2) is 4.94. The van der Waals surface area contributed by atoms with E-state index in [4.69, 9.17) is 0 Å². The number of aliphatic hydroxyl groups excluding tert-OH is 1. The van der Waals surface area contributed by atoms with Gasteiger partial charge in [0.1, 0.15) is 5.82 Å². The summed E-state index contributed by atoms with van der Waals surface area (Å²) in [4.78, 5) is 4.63. The predicted octanol–water partition coefficient (Wildman–Crippen LogP) is 3.12. The second-order valence-corrected chi connectivity index (χ2v) is 5.04. The van der Waals surface area contributed by atoms with Crippen LogP contribution in [0, 0.1) is 6.92 Å². The lowest BCUT2D eigenvalue weighted by molar-refractivity contribution is 0.218. The van der Waals surface area contributed by atoms with Crippen molar-refractivity contribution in [2.45, 2.75) is 32.7 Å². The Hall–Kier alpha value is -1.61. The average Bonchev–Trinajstić information content (AvgIpc) is 2.39. The van der Waals surface area contributed by atoms with Crippen molar-refractivity contribution in [1.82, 2.24) is 4.98 Å². The van der Waals surface area contributed by atoms with Gasteiger partial charge in [-0.15, -0.1) is 0 Å². The highest BCUT2D eigenvalue weighted by molar-refractivity contribution is 5.81. The lowest BCUT2D eigenvalue weighted by Gasteiger charge is -2.28. The molecule has 2 aromatic rings. The number of aliphatic hydroxyl groups is 1. The van der Waals surface area contributed by atoms with Crippen molar-refractivity contribution >= 4 is 16.7 Å². The van der Waals surface area contributed by atoms with E-state index in [0.717, 1.165) is 28.7 Å². The number of nitrogens with zero attached hydrogens (tertiary/aromatic N) is 1. The summed E-state index contributed by atoms with van der Waals surface area (Å²) in [5.74, 6) is 0.854. The molecule has 96 valence electrons. The number of rotatable bonds is 4. The van der Waals surface area contributed by atoms with Gasteiger partial charge in [0.05, 0.1) is 17.7 Å². The number of aromatic nitrogens is 1. The number of hydrogen-bond donors (Lipinski definition) is 2. The highest BCUT2D eigenvalue weighted by Crippen LogP contribution is 2.23. The number of pyridine rings is 1. The fraction of sp³-hybridized carbons (Fsp3) is 0.400. The van der Waals surface area contributed by atoms with Crippen molar-refractivity contribution in [3.05, 3.63) is 35.9 Å². The molecule has 1 atom stereocenters. The molecule has 1 aromatic carbocycles. The van der Waals surface area contributed by atoms with E-state index in [1.54, 1.807) is 0 Å². The minimum absolute atomic E-state index is 0.0947. The summed E-state index contributed by atoms with van der Waals surface area (Å²) < 4.78 is 0. The van der Waals surface area contributed by atoms with Crippen LogP contribution in [0.15, 0.2) is 30.3 Å². The normalized spacial score (nSPS) is 14.4. The van der Waals surface area contributed by atoms with Gasteiger partial charge in [0.25, 0.3) is 0 Å². The maximum absolute atomic E-state index is 9.46. The van der Waals surface area contributed by atoms with Crippen molar-refractivity contribution in [1.29, 1.82) is 0 Å². The third-order valence-corrected chi connectivity index (χ3v) is 3.46. The van der Waals surface area contributed by atoms with Gasteiger partial charge in [-0.05, 0) is 38.0 Å². The highest BCUT2D eigenvalue weighted by Gasteiger charge is 2.21. The van der Waals surface area contributed by atoms with Crippen LogP contribution in [0.1, 0.15) is 25.8 Å². The van der Waals surface area contributed by atoms with Gasteiger partial charge >= 0.3 is 0 Å². The van der Waals surface area contributed by atoms with Gasteiger partial charge < -0.3 is 10.4 Å². The van der Waals surface area contributed by atoms with Crippen molar-refractivity contribution in [3.63, 3.8) is 0 Å². The maximum Gasteiger partial charge on any atom is 0.130 e.